The molecular weight excluding hydrogens is 289 g/mol. The molecule has 2 aromatic carbocycles. The molecule has 0 atom stereocenters. The fourth-order valence-corrected chi connectivity index (χ4v) is 3.99. The zero-order valence-electron chi connectivity index (χ0n) is 12.3. The van der Waals surface area contributed by atoms with Crippen LogP contribution in [0.25, 0.3) is 0 Å². The maximum atomic E-state index is 13.0. The summed E-state index contributed by atoms with van der Waals surface area (Å²) in [7, 11) is -3.65. The van der Waals surface area contributed by atoms with Gasteiger partial charge in [-0.3, -0.25) is 4.31 Å². The first kappa shape index (κ1) is 15.5. The molecule has 2 rings (SSSR count). The van der Waals surface area contributed by atoms with Crippen LogP contribution in [0.1, 0.15) is 18.1 Å². The van der Waals surface area contributed by atoms with Crippen molar-refractivity contribution in [3.8, 4) is 0 Å². The minimum atomic E-state index is -3.65. The average molecular weight is 307 g/mol. The molecule has 0 bridgehead atoms. The lowest BCUT2D eigenvalue weighted by atomic mass is 10.2. The number of anilines is 1. The van der Waals surface area contributed by atoms with Gasteiger partial charge in [-0.05, 0) is 56.7 Å². The molecule has 0 aliphatic heterocycles. The van der Waals surface area contributed by atoms with Crippen molar-refractivity contribution >= 4 is 15.7 Å². The molecule has 0 radical (unpaired) electrons. The van der Waals surface area contributed by atoms with Crippen LogP contribution in [0.2, 0.25) is 0 Å². The second-order valence-electron chi connectivity index (χ2n) is 4.92. The van der Waals surface area contributed by atoms with Crippen molar-refractivity contribution in [2.75, 3.05) is 10.8 Å². The highest BCUT2D eigenvalue weighted by Gasteiger charge is 2.25. The number of halogens is 1. The Morgan fingerprint density at radius 2 is 1.67 bits per heavy atom. The molecule has 5 heteroatoms. The predicted octanol–water partition coefficient (Wildman–Crippen LogP) is 3.66. The van der Waals surface area contributed by atoms with Gasteiger partial charge in [-0.15, -0.1) is 0 Å². The van der Waals surface area contributed by atoms with Crippen LogP contribution >= 0.6 is 0 Å². The monoisotopic (exact) mass is 307 g/mol. The van der Waals surface area contributed by atoms with E-state index in [9.17, 15) is 12.8 Å². The van der Waals surface area contributed by atoms with Crippen LogP contribution in [0.4, 0.5) is 10.1 Å². The molecule has 0 aromatic heterocycles. The van der Waals surface area contributed by atoms with E-state index in [1.165, 1.54) is 28.6 Å². The van der Waals surface area contributed by atoms with Gasteiger partial charge in [-0.1, -0.05) is 17.7 Å². The van der Waals surface area contributed by atoms with Crippen molar-refractivity contribution in [3.05, 3.63) is 59.4 Å². The summed E-state index contributed by atoms with van der Waals surface area (Å²) in [6.07, 6.45) is 0. The standard InChI is InChI=1S/C16H18FNO2S/c1-4-18(15-8-6-14(17)7-9-15)21(19,20)16-10-5-12(2)11-13(16)3/h5-11H,4H2,1-3H3. The van der Waals surface area contributed by atoms with Crippen LogP contribution in [-0.4, -0.2) is 15.0 Å². The Kier molecular flexibility index (Phi) is 4.32. The molecule has 2 aromatic rings. The van der Waals surface area contributed by atoms with Gasteiger partial charge in [0.15, 0.2) is 0 Å². The van der Waals surface area contributed by atoms with Gasteiger partial charge in [0.2, 0.25) is 0 Å². The number of aryl methyl sites for hydroxylation is 2. The van der Waals surface area contributed by atoms with E-state index in [-0.39, 0.29) is 11.4 Å². The van der Waals surface area contributed by atoms with Crippen LogP contribution in [0.5, 0.6) is 0 Å². The Balaban J connectivity index is 2.51. The highest BCUT2D eigenvalue weighted by molar-refractivity contribution is 7.92. The van der Waals surface area contributed by atoms with Crippen LogP contribution in [0, 0.1) is 19.7 Å². The van der Waals surface area contributed by atoms with E-state index in [1.807, 2.05) is 13.0 Å². The predicted molar refractivity (Wildman–Crippen MR) is 82.5 cm³/mol. The second-order valence-corrected chi connectivity index (χ2v) is 6.75. The van der Waals surface area contributed by atoms with Gasteiger partial charge in [0.05, 0.1) is 10.6 Å². The maximum Gasteiger partial charge on any atom is 0.264 e. The zero-order valence-corrected chi connectivity index (χ0v) is 13.1. The quantitative estimate of drug-likeness (QED) is 0.864. The molecule has 0 fully saturated rings. The summed E-state index contributed by atoms with van der Waals surface area (Å²) in [6.45, 7) is 5.73. The van der Waals surface area contributed by atoms with Crippen LogP contribution in [0.15, 0.2) is 47.4 Å². The molecule has 0 saturated carbocycles. The summed E-state index contributed by atoms with van der Waals surface area (Å²) in [5.74, 6) is -0.390. The highest BCUT2D eigenvalue weighted by Crippen LogP contribution is 2.26. The van der Waals surface area contributed by atoms with Crippen molar-refractivity contribution in [3.63, 3.8) is 0 Å². The molecule has 112 valence electrons. The number of hydrogen-bond donors (Lipinski definition) is 0. The van der Waals surface area contributed by atoms with E-state index in [0.717, 1.165) is 5.56 Å². The highest BCUT2D eigenvalue weighted by atomic mass is 32.2. The molecule has 21 heavy (non-hydrogen) atoms. The lowest BCUT2D eigenvalue weighted by molar-refractivity contribution is 0.591. The second kappa shape index (κ2) is 5.85. The summed E-state index contributed by atoms with van der Waals surface area (Å²) < 4.78 is 39.9. The molecule has 0 aliphatic rings. The minimum Gasteiger partial charge on any atom is -0.267 e. The van der Waals surface area contributed by atoms with E-state index in [0.29, 0.717) is 11.3 Å². The molecule has 0 aliphatic carbocycles. The van der Waals surface area contributed by atoms with E-state index < -0.39 is 15.8 Å². The summed E-state index contributed by atoms with van der Waals surface area (Å²) >= 11 is 0. The molecular formula is C16H18FNO2S. The van der Waals surface area contributed by atoms with Gasteiger partial charge < -0.3 is 0 Å². The van der Waals surface area contributed by atoms with Crippen molar-refractivity contribution in [2.24, 2.45) is 0 Å². The summed E-state index contributed by atoms with van der Waals surface area (Å²) in [5.41, 5.74) is 2.17. The average Bonchev–Trinajstić information content (AvgIpc) is 2.41. The number of rotatable bonds is 4. The molecule has 0 spiro atoms. The number of hydrogen-bond acceptors (Lipinski definition) is 2. The third kappa shape index (κ3) is 3.08. The lowest BCUT2D eigenvalue weighted by Crippen LogP contribution is -2.31. The molecule has 0 N–H and O–H groups in total. The third-order valence-electron chi connectivity index (χ3n) is 3.30. The first-order chi connectivity index (χ1) is 9.86. The molecule has 0 saturated heterocycles. The van der Waals surface area contributed by atoms with Crippen molar-refractivity contribution in [1.82, 2.24) is 0 Å². The Morgan fingerprint density at radius 1 is 1.05 bits per heavy atom. The molecule has 0 heterocycles. The normalized spacial score (nSPS) is 11.4. The smallest absolute Gasteiger partial charge is 0.264 e. The van der Waals surface area contributed by atoms with Gasteiger partial charge in [0.25, 0.3) is 10.0 Å². The summed E-state index contributed by atoms with van der Waals surface area (Å²) in [6, 6.07) is 10.7. The fraction of sp³-hybridized carbons (Fsp3) is 0.250. The maximum absolute atomic E-state index is 13.0. The van der Waals surface area contributed by atoms with Gasteiger partial charge in [-0.25, -0.2) is 12.8 Å². The molecule has 3 nitrogen and oxygen atoms in total. The summed E-state index contributed by atoms with van der Waals surface area (Å²) in [4.78, 5) is 0.277. The van der Waals surface area contributed by atoms with E-state index >= 15 is 0 Å². The van der Waals surface area contributed by atoms with Gasteiger partial charge in [0.1, 0.15) is 5.82 Å². The number of benzene rings is 2. The van der Waals surface area contributed by atoms with Crippen LogP contribution < -0.4 is 4.31 Å². The Hall–Kier alpha value is -1.88. The third-order valence-corrected chi connectivity index (χ3v) is 5.36. The Morgan fingerprint density at radius 3 is 2.19 bits per heavy atom. The minimum absolute atomic E-state index is 0.277. The Labute approximate surface area is 125 Å². The largest absolute Gasteiger partial charge is 0.267 e. The Bertz CT molecular complexity index is 739. The van der Waals surface area contributed by atoms with Crippen LogP contribution in [-0.2, 0) is 10.0 Å². The van der Waals surface area contributed by atoms with E-state index in [2.05, 4.69) is 0 Å². The van der Waals surface area contributed by atoms with Crippen LogP contribution in [0.3, 0.4) is 0 Å². The fourth-order valence-electron chi connectivity index (χ4n) is 2.31. The van der Waals surface area contributed by atoms with Crippen molar-refractivity contribution < 1.29 is 12.8 Å². The van der Waals surface area contributed by atoms with Gasteiger partial charge in [0, 0.05) is 6.54 Å². The SMILES string of the molecule is CCN(c1ccc(F)cc1)S(=O)(=O)c1ccc(C)cc1C. The summed E-state index contributed by atoms with van der Waals surface area (Å²) in [5, 5.41) is 0. The van der Waals surface area contributed by atoms with Crippen molar-refractivity contribution in [1.29, 1.82) is 0 Å². The van der Waals surface area contributed by atoms with Crippen molar-refractivity contribution in [2.45, 2.75) is 25.7 Å². The van der Waals surface area contributed by atoms with E-state index in [4.69, 9.17) is 0 Å². The number of nitrogens with zero attached hydrogens (tertiary/aromatic N) is 1. The topological polar surface area (TPSA) is 37.4 Å². The van der Waals surface area contributed by atoms with E-state index in [1.54, 1.807) is 26.0 Å². The lowest BCUT2D eigenvalue weighted by Gasteiger charge is -2.24. The molecule has 0 amide bonds. The van der Waals surface area contributed by atoms with Gasteiger partial charge >= 0.3 is 0 Å². The van der Waals surface area contributed by atoms with Gasteiger partial charge in [-0.2, -0.15) is 0 Å². The first-order valence-electron chi connectivity index (χ1n) is 6.72. The number of sulfonamides is 1. The zero-order chi connectivity index (χ0) is 15.6. The first-order valence-corrected chi connectivity index (χ1v) is 8.16. The molecule has 0 unspecified atom stereocenters.